The van der Waals surface area contributed by atoms with Crippen molar-refractivity contribution in [3.63, 3.8) is 0 Å². The zero-order chi connectivity index (χ0) is 14.4. The number of hydrogen-bond donors (Lipinski definition) is 1. The predicted molar refractivity (Wildman–Crippen MR) is 85.9 cm³/mol. The molecule has 0 atom stereocenters. The van der Waals surface area contributed by atoms with Crippen molar-refractivity contribution < 1.29 is 4.79 Å². The van der Waals surface area contributed by atoms with Crippen molar-refractivity contribution in [3.8, 4) is 0 Å². The van der Waals surface area contributed by atoms with E-state index in [2.05, 4.69) is 28.2 Å². The van der Waals surface area contributed by atoms with Crippen molar-refractivity contribution in [3.05, 3.63) is 65.9 Å². The fraction of sp³-hybridized carbons (Fsp3) is 0.0556. The highest BCUT2D eigenvalue weighted by molar-refractivity contribution is 6.35. The van der Waals surface area contributed by atoms with Gasteiger partial charge in [0.15, 0.2) is 0 Å². The van der Waals surface area contributed by atoms with E-state index < -0.39 is 0 Å². The average Bonchev–Trinajstić information content (AvgIpc) is 2.99. The molecule has 3 aromatic rings. The largest absolute Gasteiger partial charge is 0.350 e. The Labute approximate surface area is 122 Å². The van der Waals surface area contributed by atoms with Crippen molar-refractivity contribution in [2.45, 2.75) is 0 Å². The van der Waals surface area contributed by atoms with Gasteiger partial charge < -0.3 is 9.88 Å². The lowest BCUT2D eigenvalue weighted by molar-refractivity contribution is -0.110. The van der Waals surface area contributed by atoms with Gasteiger partial charge in [0.25, 0.3) is 5.91 Å². The molecule has 0 aliphatic carbocycles. The van der Waals surface area contributed by atoms with Crippen molar-refractivity contribution in [1.82, 2.24) is 4.57 Å². The van der Waals surface area contributed by atoms with E-state index >= 15 is 0 Å². The Morgan fingerprint density at radius 2 is 1.81 bits per heavy atom. The summed E-state index contributed by atoms with van der Waals surface area (Å²) in [4.78, 5) is 12.2. The predicted octanol–water partition coefficient (Wildman–Crippen LogP) is 3.67. The number of para-hydroxylation sites is 2. The SMILES string of the molecule is Cn1cc(/C=C2/C(=O)Nc3ccccc32)c2ccccc21. The van der Waals surface area contributed by atoms with Crippen LogP contribution in [0, 0.1) is 0 Å². The van der Waals surface area contributed by atoms with E-state index in [-0.39, 0.29) is 5.91 Å². The van der Waals surface area contributed by atoms with E-state index in [0.717, 1.165) is 33.3 Å². The van der Waals surface area contributed by atoms with Crippen LogP contribution in [0.25, 0.3) is 22.6 Å². The van der Waals surface area contributed by atoms with Crippen LogP contribution in [-0.4, -0.2) is 10.5 Å². The van der Waals surface area contributed by atoms with Crippen LogP contribution in [0.2, 0.25) is 0 Å². The number of amides is 1. The fourth-order valence-electron chi connectivity index (χ4n) is 2.93. The Kier molecular flexibility index (Phi) is 2.48. The maximum Gasteiger partial charge on any atom is 0.256 e. The van der Waals surface area contributed by atoms with E-state index in [9.17, 15) is 4.79 Å². The molecule has 0 saturated heterocycles. The van der Waals surface area contributed by atoms with Crippen LogP contribution in [-0.2, 0) is 11.8 Å². The summed E-state index contributed by atoms with van der Waals surface area (Å²) in [6, 6.07) is 16.0. The molecule has 0 unspecified atom stereocenters. The summed E-state index contributed by atoms with van der Waals surface area (Å²) in [5.41, 5.74) is 4.80. The molecule has 0 radical (unpaired) electrons. The number of carbonyl (C=O) groups excluding carboxylic acids is 1. The zero-order valence-corrected chi connectivity index (χ0v) is 11.6. The lowest BCUT2D eigenvalue weighted by Crippen LogP contribution is -2.03. The van der Waals surface area contributed by atoms with E-state index in [1.54, 1.807) is 0 Å². The maximum atomic E-state index is 12.2. The summed E-state index contributed by atoms with van der Waals surface area (Å²) in [5, 5.41) is 4.07. The molecular formula is C18H14N2O. The number of nitrogens with one attached hydrogen (secondary N) is 1. The minimum Gasteiger partial charge on any atom is -0.350 e. The van der Waals surface area contributed by atoms with Gasteiger partial charge in [0.05, 0.1) is 0 Å². The number of aryl methyl sites for hydroxylation is 1. The van der Waals surface area contributed by atoms with Crippen LogP contribution in [0.3, 0.4) is 0 Å². The van der Waals surface area contributed by atoms with E-state index in [0.29, 0.717) is 0 Å². The Morgan fingerprint density at radius 3 is 2.71 bits per heavy atom. The van der Waals surface area contributed by atoms with Gasteiger partial charge >= 0.3 is 0 Å². The van der Waals surface area contributed by atoms with Gasteiger partial charge in [-0.3, -0.25) is 4.79 Å². The lowest BCUT2D eigenvalue weighted by atomic mass is 10.0. The molecule has 3 nitrogen and oxygen atoms in total. The quantitative estimate of drug-likeness (QED) is 0.675. The Bertz CT molecular complexity index is 902. The molecule has 102 valence electrons. The van der Waals surface area contributed by atoms with Gasteiger partial charge in [-0.15, -0.1) is 0 Å². The van der Waals surface area contributed by atoms with Crippen LogP contribution in [0.4, 0.5) is 5.69 Å². The molecule has 1 N–H and O–H groups in total. The molecule has 1 amide bonds. The second-order valence-corrected chi connectivity index (χ2v) is 5.27. The molecule has 3 heteroatoms. The van der Waals surface area contributed by atoms with Crippen molar-refractivity contribution >= 4 is 34.1 Å². The molecule has 4 rings (SSSR count). The van der Waals surface area contributed by atoms with Crippen LogP contribution < -0.4 is 5.32 Å². The van der Waals surface area contributed by atoms with Crippen LogP contribution in [0.5, 0.6) is 0 Å². The number of hydrogen-bond acceptors (Lipinski definition) is 1. The topological polar surface area (TPSA) is 34.0 Å². The zero-order valence-electron chi connectivity index (χ0n) is 11.6. The number of benzene rings is 2. The Morgan fingerprint density at radius 1 is 1.05 bits per heavy atom. The van der Waals surface area contributed by atoms with Gasteiger partial charge in [0, 0.05) is 46.5 Å². The Hall–Kier alpha value is -2.81. The first-order valence-electron chi connectivity index (χ1n) is 6.90. The van der Waals surface area contributed by atoms with Crippen molar-refractivity contribution in [2.24, 2.45) is 7.05 Å². The van der Waals surface area contributed by atoms with Gasteiger partial charge in [0.1, 0.15) is 0 Å². The van der Waals surface area contributed by atoms with Crippen molar-refractivity contribution in [1.29, 1.82) is 0 Å². The van der Waals surface area contributed by atoms with Gasteiger partial charge in [-0.1, -0.05) is 36.4 Å². The molecule has 1 aromatic heterocycles. The molecule has 2 aromatic carbocycles. The summed E-state index contributed by atoms with van der Waals surface area (Å²) < 4.78 is 2.08. The highest BCUT2D eigenvalue weighted by atomic mass is 16.2. The third-order valence-electron chi connectivity index (χ3n) is 3.94. The summed E-state index contributed by atoms with van der Waals surface area (Å²) in [5.74, 6) is -0.0378. The fourth-order valence-corrected chi connectivity index (χ4v) is 2.93. The van der Waals surface area contributed by atoms with Gasteiger partial charge in [0.2, 0.25) is 0 Å². The number of rotatable bonds is 1. The molecule has 0 saturated carbocycles. The number of carbonyl (C=O) groups is 1. The highest BCUT2D eigenvalue weighted by Crippen LogP contribution is 2.34. The minimum absolute atomic E-state index is 0.0378. The first-order valence-corrected chi connectivity index (χ1v) is 6.90. The summed E-state index contributed by atoms with van der Waals surface area (Å²) in [6.45, 7) is 0. The summed E-state index contributed by atoms with van der Waals surface area (Å²) in [7, 11) is 2.02. The third kappa shape index (κ3) is 1.78. The van der Waals surface area contributed by atoms with E-state index in [1.807, 2.05) is 49.5 Å². The summed E-state index contributed by atoms with van der Waals surface area (Å²) >= 11 is 0. The van der Waals surface area contributed by atoms with Crippen LogP contribution in [0.15, 0.2) is 54.7 Å². The Balaban J connectivity index is 1.93. The third-order valence-corrected chi connectivity index (χ3v) is 3.94. The van der Waals surface area contributed by atoms with Crippen molar-refractivity contribution in [2.75, 3.05) is 5.32 Å². The molecule has 2 heterocycles. The lowest BCUT2D eigenvalue weighted by Gasteiger charge is -1.97. The number of anilines is 1. The molecule has 0 spiro atoms. The molecular weight excluding hydrogens is 260 g/mol. The number of nitrogens with zero attached hydrogens (tertiary/aromatic N) is 1. The highest BCUT2D eigenvalue weighted by Gasteiger charge is 2.23. The number of aromatic nitrogens is 1. The first-order chi connectivity index (χ1) is 10.2. The minimum atomic E-state index is -0.0378. The van der Waals surface area contributed by atoms with E-state index in [1.165, 1.54) is 0 Å². The monoisotopic (exact) mass is 274 g/mol. The second kappa shape index (κ2) is 4.35. The second-order valence-electron chi connectivity index (χ2n) is 5.27. The van der Waals surface area contributed by atoms with Crippen LogP contribution >= 0.6 is 0 Å². The standard InChI is InChI=1S/C18H14N2O/c1-20-11-12(13-6-3-5-9-17(13)20)10-15-14-7-2-4-8-16(14)19-18(15)21/h2-11H,1H3,(H,19,21)/b15-10+. The number of fused-ring (bicyclic) bond motifs is 2. The van der Waals surface area contributed by atoms with Gasteiger partial charge in [-0.25, -0.2) is 0 Å². The van der Waals surface area contributed by atoms with Crippen LogP contribution in [0.1, 0.15) is 11.1 Å². The molecule has 0 bridgehead atoms. The molecule has 1 aliphatic heterocycles. The van der Waals surface area contributed by atoms with E-state index in [4.69, 9.17) is 0 Å². The van der Waals surface area contributed by atoms with Gasteiger partial charge in [-0.2, -0.15) is 0 Å². The van der Waals surface area contributed by atoms with Gasteiger partial charge in [-0.05, 0) is 18.2 Å². The summed E-state index contributed by atoms with van der Waals surface area (Å²) in [6.07, 6.45) is 4.04. The first kappa shape index (κ1) is 12.0. The molecule has 0 fully saturated rings. The maximum absolute atomic E-state index is 12.2. The molecule has 1 aliphatic rings. The average molecular weight is 274 g/mol. The molecule has 21 heavy (non-hydrogen) atoms. The smallest absolute Gasteiger partial charge is 0.256 e. The normalized spacial score (nSPS) is 15.5.